The third-order valence-electron chi connectivity index (χ3n) is 4.60. The average Bonchev–Trinajstić information content (AvgIpc) is 3.18. The fourth-order valence-corrected chi connectivity index (χ4v) is 4.17. The van der Waals surface area contributed by atoms with E-state index in [2.05, 4.69) is 19.7 Å². The van der Waals surface area contributed by atoms with Crippen LogP contribution in [-0.4, -0.2) is 41.7 Å². The van der Waals surface area contributed by atoms with E-state index >= 15 is 0 Å². The molecule has 0 saturated carbocycles. The summed E-state index contributed by atoms with van der Waals surface area (Å²) in [5, 5.41) is 0.686. The van der Waals surface area contributed by atoms with Gasteiger partial charge in [0.2, 0.25) is 5.88 Å². The molecule has 0 aliphatic carbocycles. The Morgan fingerprint density at radius 3 is 2.67 bits per heavy atom. The van der Waals surface area contributed by atoms with Gasteiger partial charge < -0.3 is 14.2 Å². The highest BCUT2D eigenvalue weighted by molar-refractivity contribution is 7.21. The van der Waals surface area contributed by atoms with Crippen LogP contribution in [0.25, 0.3) is 31.8 Å². The minimum atomic E-state index is -0.586. The largest absolute Gasteiger partial charge is 0.480 e. The lowest BCUT2D eigenvalue weighted by Crippen LogP contribution is -2.13. The predicted octanol–water partition coefficient (Wildman–Crippen LogP) is 4.22. The molecule has 4 aromatic rings. The summed E-state index contributed by atoms with van der Waals surface area (Å²) in [6.07, 6.45) is 1.55. The van der Waals surface area contributed by atoms with Crippen molar-refractivity contribution in [1.82, 2.24) is 15.0 Å². The first kappa shape index (κ1) is 20.0. The number of esters is 1. The Balaban J connectivity index is 1.84. The van der Waals surface area contributed by atoms with E-state index in [0.29, 0.717) is 33.0 Å². The molecule has 30 heavy (non-hydrogen) atoms. The first-order valence-corrected chi connectivity index (χ1v) is 9.84. The number of ether oxygens (including phenoxy) is 3. The molecule has 0 spiro atoms. The Kier molecular flexibility index (Phi) is 5.21. The molecule has 0 aliphatic rings. The van der Waals surface area contributed by atoms with Gasteiger partial charge in [-0.05, 0) is 31.5 Å². The SMILES string of the molecule is COC(=O)COc1cc2sc(-c3cc(C)cc4nc(OC)cnc34)nc2c(C)c1F. The van der Waals surface area contributed by atoms with Gasteiger partial charge >= 0.3 is 5.97 Å². The smallest absolute Gasteiger partial charge is 0.343 e. The van der Waals surface area contributed by atoms with Gasteiger partial charge in [0.15, 0.2) is 18.2 Å². The number of rotatable bonds is 5. The zero-order valence-electron chi connectivity index (χ0n) is 16.8. The van der Waals surface area contributed by atoms with Crippen molar-refractivity contribution in [2.24, 2.45) is 0 Å². The molecule has 0 fully saturated rings. The summed E-state index contributed by atoms with van der Waals surface area (Å²) in [6.45, 7) is 3.22. The second kappa shape index (κ2) is 7.83. The van der Waals surface area contributed by atoms with Crippen LogP contribution in [0.4, 0.5) is 4.39 Å². The summed E-state index contributed by atoms with van der Waals surface area (Å²) < 4.78 is 30.5. The molecule has 0 atom stereocenters. The fourth-order valence-electron chi connectivity index (χ4n) is 3.09. The van der Waals surface area contributed by atoms with Gasteiger partial charge in [0.1, 0.15) is 5.01 Å². The van der Waals surface area contributed by atoms with Gasteiger partial charge in [-0.25, -0.2) is 24.1 Å². The van der Waals surface area contributed by atoms with Crippen molar-refractivity contribution >= 4 is 38.6 Å². The van der Waals surface area contributed by atoms with E-state index in [0.717, 1.165) is 15.8 Å². The molecule has 2 heterocycles. The predicted molar refractivity (Wildman–Crippen MR) is 112 cm³/mol. The van der Waals surface area contributed by atoms with Gasteiger partial charge in [-0.2, -0.15) is 0 Å². The number of benzene rings is 2. The molecule has 154 valence electrons. The number of methoxy groups -OCH3 is 2. The summed E-state index contributed by atoms with van der Waals surface area (Å²) >= 11 is 1.39. The number of halogens is 1. The van der Waals surface area contributed by atoms with E-state index in [1.807, 2.05) is 19.1 Å². The molecule has 0 saturated heterocycles. The molecule has 9 heteroatoms. The normalized spacial score (nSPS) is 11.1. The third kappa shape index (κ3) is 3.52. The number of carbonyl (C=O) groups is 1. The molecule has 0 unspecified atom stereocenters. The summed E-state index contributed by atoms with van der Waals surface area (Å²) in [5.74, 6) is -0.729. The van der Waals surface area contributed by atoms with Gasteiger partial charge in [0.05, 0.1) is 41.7 Å². The number of nitrogens with zero attached hydrogens (tertiary/aromatic N) is 3. The van der Waals surface area contributed by atoms with E-state index in [9.17, 15) is 9.18 Å². The van der Waals surface area contributed by atoms with Gasteiger partial charge in [-0.3, -0.25) is 0 Å². The van der Waals surface area contributed by atoms with Crippen LogP contribution in [-0.2, 0) is 9.53 Å². The van der Waals surface area contributed by atoms with Gasteiger partial charge in [-0.1, -0.05) is 0 Å². The van der Waals surface area contributed by atoms with Crippen LogP contribution in [0, 0.1) is 19.7 Å². The van der Waals surface area contributed by atoms with E-state index in [-0.39, 0.29) is 12.4 Å². The number of aryl methyl sites for hydroxylation is 2. The standard InChI is InChI=1S/C21H18FN3O4S/c1-10-5-12(20-13(6-10)24-16(27-3)8-23-20)21-25-19-11(2)18(22)14(7-15(19)30-21)29-9-17(26)28-4/h5-8H,9H2,1-4H3. The summed E-state index contributed by atoms with van der Waals surface area (Å²) in [7, 11) is 2.79. The topological polar surface area (TPSA) is 83.4 Å². The molecule has 7 nitrogen and oxygen atoms in total. The number of thiazole rings is 1. The van der Waals surface area contributed by atoms with Crippen LogP contribution in [0.3, 0.4) is 0 Å². The zero-order valence-corrected chi connectivity index (χ0v) is 17.6. The molecule has 4 rings (SSSR count). The van der Waals surface area contributed by atoms with E-state index in [1.54, 1.807) is 19.2 Å². The first-order chi connectivity index (χ1) is 14.4. The Morgan fingerprint density at radius 1 is 1.13 bits per heavy atom. The highest BCUT2D eigenvalue weighted by atomic mass is 32.1. The lowest BCUT2D eigenvalue weighted by Gasteiger charge is -2.08. The lowest BCUT2D eigenvalue weighted by atomic mass is 10.1. The monoisotopic (exact) mass is 427 g/mol. The molecule has 0 bridgehead atoms. The van der Waals surface area contributed by atoms with Crippen LogP contribution in [0.5, 0.6) is 11.6 Å². The molecule has 2 aromatic carbocycles. The lowest BCUT2D eigenvalue weighted by molar-refractivity contribution is -0.142. The highest BCUT2D eigenvalue weighted by Gasteiger charge is 2.19. The summed E-state index contributed by atoms with van der Waals surface area (Å²) in [4.78, 5) is 24.9. The first-order valence-electron chi connectivity index (χ1n) is 9.02. The molecule has 0 radical (unpaired) electrons. The molecule has 0 amide bonds. The van der Waals surface area contributed by atoms with Crippen LogP contribution in [0.15, 0.2) is 24.4 Å². The van der Waals surface area contributed by atoms with Crippen molar-refractivity contribution in [3.05, 3.63) is 41.3 Å². The number of aromatic nitrogens is 3. The Bertz CT molecular complexity index is 1290. The maximum Gasteiger partial charge on any atom is 0.343 e. The third-order valence-corrected chi connectivity index (χ3v) is 5.63. The van der Waals surface area contributed by atoms with Crippen molar-refractivity contribution in [1.29, 1.82) is 0 Å². The van der Waals surface area contributed by atoms with Crippen molar-refractivity contribution in [2.45, 2.75) is 13.8 Å². The van der Waals surface area contributed by atoms with Gasteiger partial charge in [0, 0.05) is 17.2 Å². The summed E-state index contributed by atoms with van der Waals surface area (Å²) in [5.41, 5.74) is 4.05. The Hall–Kier alpha value is -3.33. The second-order valence-electron chi connectivity index (χ2n) is 6.64. The van der Waals surface area contributed by atoms with E-state index in [1.165, 1.54) is 25.6 Å². The molecule has 0 aliphatic heterocycles. The maximum absolute atomic E-state index is 14.7. The van der Waals surface area contributed by atoms with Crippen LogP contribution in [0.1, 0.15) is 11.1 Å². The van der Waals surface area contributed by atoms with E-state index in [4.69, 9.17) is 9.47 Å². The van der Waals surface area contributed by atoms with Crippen molar-refractivity contribution < 1.29 is 23.4 Å². The van der Waals surface area contributed by atoms with Crippen LogP contribution in [0.2, 0.25) is 0 Å². The number of hydrogen-bond acceptors (Lipinski definition) is 8. The Labute approximate surface area is 175 Å². The average molecular weight is 427 g/mol. The van der Waals surface area contributed by atoms with Crippen molar-refractivity contribution in [3.8, 4) is 22.2 Å². The molecule has 0 N–H and O–H groups in total. The highest BCUT2D eigenvalue weighted by Crippen LogP contribution is 2.38. The number of carbonyl (C=O) groups excluding carboxylic acids is 1. The quantitative estimate of drug-likeness (QED) is 0.441. The summed E-state index contributed by atoms with van der Waals surface area (Å²) in [6, 6.07) is 5.45. The molecular formula is C21H18FN3O4S. The maximum atomic E-state index is 14.7. The second-order valence-corrected chi connectivity index (χ2v) is 7.67. The van der Waals surface area contributed by atoms with Crippen LogP contribution >= 0.6 is 11.3 Å². The van der Waals surface area contributed by atoms with Gasteiger partial charge in [-0.15, -0.1) is 11.3 Å². The number of hydrogen-bond donors (Lipinski definition) is 0. The molecule has 2 aromatic heterocycles. The number of fused-ring (bicyclic) bond motifs is 2. The zero-order chi connectivity index (χ0) is 21.4. The van der Waals surface area contributed by atoms with Crippen molar-refractivity contribution in [2.75, 3.05) is 20.8 Å². The Morgan fingerprint density at radius 2 is 1.93 bits per heavy atom. The minimum absolute atomic E-state index is 0.0146. The minimum Gasteiger partial charge on any atom is -0.480 e. The van der Waals surface area contributed by atoms with E-state index < -0.39 is 11.8 Å². The van der Waals surface area contributed by atoms with Crippen LogP contribution < -0.4 is 9.47 Å². The van der Waals surface area contributed by atoms with Gasteiger partial charge in [0.25, 0.3) is 0 Å². The fraction of sp³-hybridized carbons (Fsp3) is 0.238. The molecular weight excluding hydrogens is 409 g/mol. The van der Waals surface area contributed by atoms with Crippen molar-refractivity contribution in [3.63, 3.8) is 0 Å².